The summed E-state index contributed by atoms with van der Waals surface area (Å²) in [7, 11) is 0. The predicted molar refractivity (Wildman–Crippen MR) is 133 cm³/mol. The highest BCUT2D eigenvalue weighted by molar-refractivity contribution is 6.06. The third-order valence-corrected chi connectivity index (χ3v) is 6.14. The van der Waals surface area contributed by atoms with Gasteiger partial charge in [-0.3, -0.25) is 19.5 Å². The van der Waals surface area contributed by atoms with Crippen molar-refractivity contribution in [1.29, 1.82) is 0 Å². The van der Waals surface area contributed by atoms with Gasteiger partial charge in [-0.05, 0) is 36.4 Å². The predicted octanol–water partition coefficient (Wildman–Crippen LogP) is 1.45. The van der Waals surface area contributed by atoms with E-state index >= 15 is 0 Å². The lowest BCUT2D eigenvalue weighted by atomic mass is 10.1. The van der Waals surface area contributed by atoms with Gasteiger partial charge in [-0.15, -0.1) is 0 Å². The molecule has 2 aromatic carbocycles. The number of rotatable bonds is 5. The summed E-state index contributed by atoms with van der Waals surface area (Å²) in [5, 5.41) is 5.52. The number of nitrogens with one attached hydrogen (secondary N) is 2. The molecule has 35 heavy (non-hydrogen) atoms. The van der Waals surface area contributed by atoms with Gasteiger partial charge in [0.1, 0.15) is 0 Å². The number of carbonyl (C=O) groups excluding carboxylic acids is 1. The topological polar surface area (TPSA) is 109 Å². The molecule has 2 N–H and O–H groups in total. The number of carbonyl (C=O) groups is 1. The second kappa shape index (κ2) is 10.2. The first-order valence-corrected chi connectivity index (χ1v) is 11.6. The van der Waals surface area contributed by atoms with E-state index in [0.29, 0.717) is 43.4 Å². The van der Waals surface area contributed by atoms with E-state index in [4.69, 9.17) is 9.47 Å². The molecule has 10 heteroatoms. The van der Waals surface area contributed by atoms with Gasteiger partial charge in [-0.25, -0.2) is 4.68 Å². The number of aromatic amines is 1. The molecular formula is C25H27N5O5. The summed E-state index contributed by atoms with van der Waals surface area (Å²) in [4.78, 5) is 41.6. The number of anilines is 3. The fourth-order valence-corrected chi connectivity index (χ4v) is 4.31. The molecule has 0 radical (unpaired) electrons. The third-order valence-electron chi connectivity index (χ3n) is 6.14. The molecule has 2 saturated heterocycles. The Bertz CT molecular complexity index is 1320. The minimum absolute atomic E-state index is 0.313. The van der Waals surface area contributed by atoms with Crippen LogP contribution in [0.1, 0.15) is 10.4 Å². The van der Waals surface area contributed by atoms with E-state index in [2.05, 4.69) is 26.3 Å². The van der Waals surface area contributed by atoms with Crippen LogP contribution >= 0.6 is 0 Å². The standard InChI is InChI=1S/C25H27N5O5/c31-23-6-7-24(32)30(27-23)20-3-1-2-18(16-20)25(33)26-21-5-4-19(28-8-12-34-13-9-28)17-22(21)29-10-14-35-15-11-29/h1-7,16-17H,8-15H2,(H,26,33)(H,27,31). The molecule has 0 aliphatic carbocycles. The van der Waals surface area contributed by atoms with Crippen molar-refractivity contribution >= 4 is 23.0 Å². The maximum absolute atomic E-state index is 13.2. The van der Waals surface area contributed by atoms with Crippen molar-refractivity contribution in [3.05, 3.63) is 80.9 Å². The average molecular weight is 478 g/mol. The molecule has 5 rings (SSSR count). The lowest BCUT2D eigenvalue weighted by molar-refractivity contribution is 0.102. The largest absolute Gasteiger partial charge is 0.378 e. The molecule has 0 bridgehead atoms. The van der Waals surface area contributed by atoms with Crippen LogP contribution in [0.5, 0.6) is 0 Å². The molecule has 2 aliphatic heterocycles. The van der Waals surface area contributed by atoms with E-state index < -0.39 is 11.1 Å². The average Bonchev–Trinajstić information content (AvgIpc) is 2.91. The zero-order valence-corrected chi connectivity index (χ0v) is 19.2. The Labute approximate surface area is 201 Å². The number of morpholine rings is 2. The van der Waals surface area contributed by atoms with Crippen LogP contribution in [0, 0.1) is 0 Å². The van der Waals surface area contributed by atoms with E-state index in [1.807, 2.05) is 12.1 Å². The number of amides is 1. The van der Waals surface area contributed by atoms with Crippen molar-refractivity contribution in [3.8, 4) is 5.69 Å². The normalized spacial score (nSPS) is 16.2. The highest BCUT2D eigenvalue weighted by atomic mass is 16.5. The quantitative estimate of drug-likeness (QED) is 0.573. The first-order valence-electron chi connectivity index (χ1n) is 11.6. The molecule has 3 aromatic rings. The van der Waals surface area contributed by atoms with Crippen LogP contribution in [-0.2, 0) is 9.47 Å². The van der Waals surface area contributed by atoms with E-state index in [0.717, 1.165) is 42.2 Å². The fourth-order valence-electron chi connectivity index (χ4n) is 4.31. The molecule has 0 saturated carbocycles. The minimum Gasteiger partial charge on any atom is -0.378 e. The molecule has 0 spiro atoms. The maximum atomic E-state index is 13.2. The number of hydrogen-bond acceptors (Lipinski definition) is 7. The van der Waals surface area contributed by atoms with Crippen LogP contribution in [0.15, 0.2) is 64.2 Å². The molecule has 10 nitrogen and oxygen atoms in total. The second-order valence-electron chi connectivity index (χ2n) is 8.39. The molecule has 0 atom stereocenters. The summed E-state index contributed by atoms with van der Waals surface area (Å²) >= 11 is 0. The molecule has 3 heterocycles. The number of ether oxygens (including phenoxy) is 2. The molecular weight excluding hydrogens is 450 g/mol. The van der Waals surface area contributed by atoms with Gasteiger partial charge in [0.25, 0.3) is 17.0 Å². The number of aromatic nitrogens is 2. The van der Waals surface area contributed by atoms with Gasteiger partial charge in [-0.1, -0.05) is 6.07 Å². The van der Waals surface area contributed by atoms with Crippen LogP contribution in [-0.4, -0.2) is 68.3 Å². The van der Waals surface area contributed by atoms with Crippen LogP contribution in [0.25, 0.3) is 5.69 Å². The first-order chi connectivity index (χ1) is 17.1. The van der Waals surface area contributed by atoms with Gasteiger partial charge in [-0.2, -0.15) is 0 Å². The smallest absolute Gasteiger partial charge is 0.269 e. The Kier molecular flexibility index (Phi) is 6.64. The minimum atomic E-state index is -0.407. The van der Waals surface area contributed by atoms with Crippen LogP contribution < -0.4 is 26.2 Å². The molecule has 2 fully saturated rings. The van der Waals surface area contributed by atoms with E-state index in [1.165, 1.54) is 12.1 Å². The van der Waals surface area contributed by atoms with Crippen LogP contribution in [0.2, 0.25) is 0 Å². The molecule has 1 aromatic heterocycles. The Morgan fingerprint density at radius 2 is 1.51 bits per heavy atom. The first kappa shape index (κ1) is 22.9. The highest BCUT2D eigenvalue weighted by Gasteiger charge is 2.20. The number of H-pyrrole nitrogens is 1. The summed E-state index contributed by atoms with van der Waals surface area (Å²) in [5.74, 6) is -0.313. The number of nitrogens with zero attached hydrogens (tertiary/aromatic N) is 3. The summed E-state index contributed by atoms with van der Waals surface area (Å²) in [5.41, 5.74) is 2.68. The second-order valence-corrected chi connectivity index (χ2v) is 8.39. The van der Waals surface area contributed by atoms with Crippen molar-refractivity contribution in [2.24, 2.45) is 0 Å². The lowest BCUT2D eigenvalue weighted by Gasteiger charge is -2.33. The van der Waals surface area contributed by atoms with E-state index in [-0.39, 0.29) is 5.91 Å². The SMILES string of the molecule is O=C(Nc1ccc(N2CCOCC2)cc1N1CCOCC1)c1cccc(-n2[nH]c(=O)ccc2=O)c1. The van der Waals surface area contributed by atoms with Gasteiger partial charge in [0.05, 0.1) is 43.5 Å². The zero-order chi connectivity index (χ0) is 24.2. The lowest BCUT2D eigenvalue weighted by Crippen LogP contribution is -2.38. The van der Waals surface area contributed by atoms with Crippen molar-refractivity contribution in [2.45, 2.75) is 0 Å². The fraction of sp³-hybridized carbons (Fsp3) is 0.320. The van der Waals surface area contributed by atoms with Gasteiger partial charge in [0, 0.05) is 49.6 Å². The van der Waals surface area contributed by atoms with Gasteiger partial charge >= 0.3 is 0 Å². The highest BCUT2D eigenvalue weighted by Crippen LogP contribution is 2.32. The van der Waals surface area contributed by atoms with Crippen LogP contribution in [0.4, 0.5) is 17.1 Å². The third kappa shape index (κ3) is 5.13. The number of hydrogen-bond donors (Lipinski definition) is 2. The van der Waals surface area contributed by atoms with Gasteiger partial charge in [0.2, 0.25) is 0 Å². The van der Waals surface area contributed by atoms with Crippen molar-refractivity contribution in [2.75, 3.05) is 67.7 Å². The molecule has 182 valence electrons. The Balaban J connectivity index is 1.44. The Hall–Kier alpha value is -3.89. The van der Waals surface area contributed by atoms with Crippen molar-refractivity contribution in [3.63, 3.8) is 0 Å². The summed E-state index contributed by atoms with van der Waals surface area (Å²) < 4.78 is 12.1. The number of benzene rings is 2. The molecule has 0 unspecified atom stereocenters. The summed E-state index contributed by atoms with van der Waals surface area (Å²) in [6.45, 7) is 5.74. The van der Waals surface area contributed by atoms with E-state index in [1.54, 1.807) is 24.3 Å². The van der Waals surface area contributed by atoms with Crippen LogP contribution in [0.3, 0.4) is 0 Å². The molecule has 2 aliphatic rings. The van der Waals surface area contributed by atoms with Gasteiger partial charge < -0.3 is 24.6 Å². The van der Waals surface area contributed by atoms with Gasteiger partial charge in [0.15, 0.2) is 0 Å². The summed E-state index contributed by atoms with van der Waals surface area (Å²) in [6.07, 6.45) is 0. The van der Waals surface area contributed by atoms with E-state index in [9.17, 15) is 14.4 Å². The zero-order valence-electron chi connectivity index (χ0n) is 19.2. The monoisotopic (exact) mass is 477 g/mol. The van der Waals surface area contributed by atoms with Crippen molar-refractivity contribution < 1.29 is 14.3 Å². The maximum Gasteiger partial charge on any atom is 0.269 e. The molecule has 1 amide bonds. The summed E-state index contributed by atoms with van der Waals surface area (Å²) in [6, 6.07) is 15.0. The Morgan fingerprint density at radius 3 is 2.26 bits per heavy atom. The Morgan fingerprint density at radius 1 is 0.800 bits per heavy atom. The van der Waals surface area contributed by atoms with Crippen molar-refractivity contribution in [1.82, 2.24) is 9.78 Å².